The van der Waals surface area contributed by atoms with Crippen LogP contribution < -0.4 is 10.6 Å². The third-order valence-electron chi connectivity index (χ3n) is 4.07. The molecule has 1 aromatic rings. The van der Waals surface area contributed by atoms with Gasteiger partial charge >= 0.3 is 11.8 Å². The van der Waals surface area contributed by atoms with Gasteiger partial charge in [0.05, 0.1) is 18.0 Å². The van der Waals surface area contributed by atoms with E-state index in [0.717, 1.165) is 17.4 Å². The third-order valence-corrected chi connectivity index (χ3v) is 6.51. The summed E-state index contributed by atoms with van der Waals surface area (Å²) < 4.78 is 33.0. The van der Waals surface area contributed by atoms with E-state index in [2.05, 4.69) is 26.6 Å². The van der Waals surface area contributed by atoms with Gasteiger partial charge in [0.1, 0.15) is 6.23 Å². The standard InChI is InChI=1S/C17H25BrN4O5S/c1-21(2)9-3-8-19-16(23)17(24)20-12-15-22(10-11-27-15)28(25,26)14-6-4-13(18)5-7-14/h4-7,15H,3,8-12H2,1-2H3,(H,19,23)(H,20,24)/t15-/m0/s1. The highest BCUT2D eigenvalue weighted by molar-refractivity contribution is 9.10. The molecule has 1 heterocycles. The van der Waals surface area contributed by atoms with E-state index in [4.69, 9.17) is 4.74 Å². The summed E-state index contributed by atoms with van der Waals surface area (Å²) in [5, 5.41) is 4.97. The van der Waals surface area contributed by atoms with E-state index in [0.29, 0.717) is 6.54 Å². The van der Waals surface area contributed by atoms with E-state index >= 15 is 0 Å². The number of benzene rings is 1. The van der Waals surface area contributed by atoms with Crippen LogP contribution in [0.25, 0.3) is 0 Å². The zero-order chi connectivity index (χ0) is 20.7. The van der Waals surface area contributed by atoms with Crippen LogP contribution in [0.4, 0.5) is 0 Å². The van der Waals surface area contributed by atoms with Crippen LogP contribution in [-0.2, 0) is 24.3 Å². The van der Waals surface area contributed by atoms with Crippen molar-refractivity contribution in [1.29, 1.82) is 0 Å². The molecule has 28 heavy (non-hydrogen) atoms. The molecular formula is C17H25BrN4O5S. The van der Waals surface area contributed by atoms with E-state index in [-0.39, 0.29) is 24.6 Å². The number of sulfonamides is 1. The lowest BCUT2D eigenvalue weighted by atomic mass is 10.4. The summed E-state index contributed by atoms with van der Waals surface area (Å²) >= 11 is 3.27. The summed E-state index contributed by atoms with van der Waals surface area (Å²) in [7, 11) is 0.0742. The van der Waals surface area contributed by atoms with Crippen LogP contribution >= 0.6 is 15.9 Å². The number of hydrogen-bond acceptors (Lipinski definition) is 6. The monoisotopic (exact) mass is 476 g/mol. The SMILES string of the molecule is CN(C)CCCNC(=O)C(=O)NC[C@@H]1OCCN1S(=O)(=O)c1ccc(Br)cc1. The summed E-state index contributed by atoms with van der Waals surface area (Å²) in [4.78, 5) is 25.9. The van der Waals surface area contributed by atoms with Gasteiger partial charge in [-0.3, -0.25) is 9.59 Å². The molecular weight excluding hydrogens is 452 g/mol. The molecule has 2 amide bonds. The molecule has 9 nitrogen and oxygen atoms in total. The molecule has 0 aromatic heterocycles. The zero-order valence-corrected chi connectivity index (χ0v) is 18.3. The fourth-order valence-electron chi connectivity index (χ4n) is 2.62. The van der Waals surface area contributed by atoms with E-state index in [1.807, 2.05) is 19.0 Å². The highest BCUT2D eigenvalue weighted by Crippen LogP contribution is 2.23. The van der Waals surface area contributed by atoms with Gasteiger partial charge in [-0.05, 0) is 51.3 Å². The van der Waals surface area contributed by atoms with Crippen molar-refractivity contribution in [3.8, 4) is 0 Å². The number of rotatable bonds is 8. The first kappa shape index (κ1) is 22.8. The van der Waals surface area contributed by atoms with Gasteiger partial charge in [0.25, 0.3) is 0 Å². The normalized spacial score (nSPS) is 17.6. The lowest BCUT2D eigenvalue weighted by Crippen LogP contribution is -2.47. The fraction of sp³-hybridized carbons (Fsp3) is 0.529. The molecule has 0 saturated carbocycles. The minimum atomic E-state index is -3.77. The minimum absolute atomic E-state index is 0.111. The van der Waals surface area contributed by atoms with Crippen molar-refractivity contribution < 1.29 is 22.7 Å². The average molecular weight is 477 g/mol. The van der Waals surface area contributed by atoms with E-state index in [1.165, 1.54) is 16.4 Å². The smallest absolute Gasteiger partial charge is 0.309 e. The largest absolute Gasteiger partial charge is 0.359 e. The second kappa shape index (κ2) is 10.3. The number of halogens is 1. The number of carbonyl (C=O) groups excluding carboxylic acids is 2. The van der Waals surface area contributed by atoms with Crippen molar-refractivity contribution >= 4 is 37.8 Å². The molecule has 1 aromatic carbocycles. The molecule has 1 saturated heterocycles. The molecule has 1 fully saturated rings. The molecule has 11 heteroatoms. The molecule has 0 radical (unpaired) electrons. The Labute approximate surface area is 173 Å². The molecule has 2 rings (SSSR count). The summed E-state index contributed by atoms with van der Waals surface area (Å²) in [5.41, 5.74) is 0. The zero-order valence-electron chi connectivity index (χ0n) is 15.9. The highest BCUT2D eigenvalue weighted by Gasteiger charge is 2.36. The van der Waals surface area contributed by atoms with Crippen LogP contribution in [-0.4, -0.2) is 82.5 Å². The number of ether oxygens (including phenoxy) is 1. The van der Waals surface area contributed by atoms with Crippen molar-refractivity contribution in [2.24, 2.45) is 0 Å². The van der Waals surface area contributed by atoms with Crippen LogP contribution in [0.5, 0.6) is 0 Å². The van der Waals surface area contributed by atoms with Gasteiger partial charge in [-0.1, -0.05) is 15.9 Å². The van der Waals surface area contributed by atoms with Crippen molar-refractivity contribution in [2.75, 3.05) is 46.9 Å². The Bertz CT molecular complexity index is 785. The molecule has 0 aliphatic carbocycles. The minimum Gasteiger partial charge on any atom is -0.359 e. The Morgan fingerprint density at radius 3 is 2.50 bits per heavy atom. The van der Waals surface area contributed by atoms with Crippen LogP contribution in [0.1, 0.15) is 6.42 Å². The van der Waals surface area contributed by atoms with Crippen molar-refractivity contribution in [1.82, 2.24) is 19.8 Å². The maximum atomic E-state index is 12.8. The number of nitrogens with one attached hydrogen (secondary N) is 2. The first-order valence-corrected chi connectivity index (χ1v) is 11.0. The lowest BCUT2D eigenvalue weighted by molar-refractivity contribution is -0.139. The maximum absolute atomic E-state index is 12.8. The summed E-state index contributed by atoms with van der Waals surface area (Å²) in [5.74, 6) is -1.57. The van der Waals surface area contributed by atoms with Gasteiger partial charge in [-0.15, -0.1) is 0 Å². The predicted molar refractivity (Wildman–Crippen MR) is 107 cm³/mol. The molecule has 1 aliphatic rings. The Kier molecular flexibility index (Phi) is 8.38. The Hall–Kier alpha value is -1.53. The molecule has 2 N–H and O–H groups in total. The van der Waals surface area contributed by atoms with E-state index < -0.39 is 28.1 Å². The van der Waals surface area contributed by atoms with Gasteiger partial charge in [-0.2, -0.15) is 4.31 Å². The molecule has 1 aliphatic heterocycles. The number of amides is 2. The predicted octanol–water partition coefficient (Wildman–Crippen LogP) is -0.0198. The van der Waals surface area contributed by atoms with Crippen LogP contribution in [0, 0.1) is 0 Å². The van der Waals surface area contributed by atoms with Gasteiger partial charge in [0.15, 0.2) is 0 Å². The van der Waals surface area contributed by atoms with Crippen molar-refractivity contribution in [3.63, 3.8) is 0 Å². The van der Waals surface area contributed by atoms with E-state index in [1.54, 1.807) is 12.1 Å². The number of carbonyl (C=O) groups is 2. The summed E-state index contributed by atoms with van der Waals surface area (Å²) in [6.45, 7) is 1.46. The van der Waals surface area contributed by atoms with Crippen molar-refractivity contribution in [2.45, 2.75) is 17.5 Å². The average Bonchev–Trinajstić information content (AvgIpc) is 3.12. The van der Waals surface area contributed by atoms with Crippen LogP contribution in [0.3, 0.4) is 0 Å². The van der Waals surface area contributed by atoms with Gasteiger partial charge in [-0.25, -0.2) is 8.42 Å². The Morgan fingerprint density at radius 2 is 1.86 bits per heavy atom. The third kappa shape index (κ3) is 6.24. The highest BCUT2D eigenvalue weighted by atomic mass is 79.9. The molecule has 0 bridgehead atoms. The first-order valence-electron chi connectivity index (χ1n) is 8.81. The van der Waals surface area contributed by atoms with Crippen LogP contribution in [0.15, 0.2) is 33.6 Å². The van der Waals surface area contributed by atoms with Crippen LogP contribution in [0.2, 0.25) is 0 Å². The van der Waals surface area contributed by atoms with Crippen molar-refractivity contribution in [3.05, 3.63) is 28.7 Å². The summed E-state index contributed by atoms with van der Waals surface area (Å²) in [6.07, 6.45) is -0.143. The quantitative estimate of drug-likeness (QED) is 0.403. The Morgan fingerprint density at radius 1 is 1.21 bits per heavy atom. The second-order valence-electron chi connectivity index (χ2n) is 6.52. The number of hydrogen-bond donors (Lipinski definition) is 2. The maximum Gasteiger partial charge on any atom is 0.309 e. The molecule has 156 valence electrons. The molecule has 0 spiro atoms. The van der Waals surface area contributed by atoms with E-state index in [9.17, 15) is 18.0 Å². The Balaban J connectivity index is 1.88. The fourth-order valence-corrected chi connectivity index (χ4v) is 4.40. The van der Waals surface area contributed by atoms with Gasteiger partial charge < -0.3 is 20.3 Å². The molecule has 0 unspecified atom stereocenters. The number of nitrogens with zero attached hydrogens (tertiary/aromatic N) is 2. The van der Waals surface area contributed by atoms with Gasteiger partial charge in [0.2, 0.25) is 10.0 Å². The van der Waals surface area contributed by atoms with Gasteiger partial charge in [0, 0.05) is 17.6 Å². The first-order chi connectivity index (χ1) is 13.2. The lowest BCUT2D eigenvalue weighted by Gasteiger charge is -2.22. The summed E-state index contributed by atoms with van der Waals surface area (Å²) in [6, 6.07) is 6.27. The topological polar surface area (TPSA) is 108 Å². The molecule has 1 atom stereocenters. The second-order valence-corrected chi connectivity index (χ2v) is 9.32.